The van der Waals surface area contributed by atoms with Crippen LogP contribution < -0.4 is 0 Å². The van der Waals surface area contributed by atoms with Gasteiger partial charge in [-0.15, -0.1) is 0 Å². The summed E-state index contributed by atoms with van der Waals surface area (Å²) in [5.41, 5.74) is 4.88. The van der Waals surface area contributed by atoms with Gasteiger partial charge in [-0.05, 0) is 114 Å². The molecule has 0 N–H and O–H groups in total. The van der Waals surface area contributed by atoms with E-state index in [1.54, 1.807) is 0 Å². The van der Waals surface area contributed by atoms with Crippen molar-refractivity contribution in [3.8, 4) is 0 Å². The molecule has 1 aliphatic carbocycles. The fourth-order valence-corrected chi connectivity index (χ4v) is 5.62. The third-order valence-corrected chi connectivity index (χ3v) is 7.19. The minimum atomic E-state index is -0.197. The van der Waals surface area contributed by atoms with Gasteiger partial charge in [0.25, 0.3) is 0 Å². The summed E-state index contributed by atoms with van der Waals surface area (Å²) in [4.78, 5) is 11.8. The summed E-state index contributed by atoms with van der Waals surface area (Å²) in [5.74, 6) is 0. The normalized spacial score (nSPS) is 19.0. The molecule has 9 rings (SSSR count). The van der Waals surface area contributed by atoms with Gasteiger partial charge < -0.3 is 0 Å². The minimum Gasteiger partial charge on any atom is -0.223 e. The van der Waals surface area contributed by atoms with E-state index < -0.39 is 0 Å². The van der Waals surface area contributed by atoms with Crippen LogP contribution >= 0.6 is 0 Å². The van der Waals surface area contributed by atoms with E-state index >= 15 is 0 Å². The van der Waals surface area contributed by atoms with Crippen LogP contribution in [0, 0.1) is 0 Å². The van der Waals surface area contributed by atoms with Gasteiger partial charge >= 0.3 is 0 Å². The highest BCUT2D eigenvalue weighted by Gasteiger charge is 2.40. The minimum absolute atomic E-state index is 0.197. The van der Waals surface area contributed by atoms with Gasteiger partial charge in [-0.1, -0.05) is 48.5 Å². The third-order valence-electron chi connectivity index (χ3n) is 7.19. The highest BCUT2D eigenvalue weighted by atomic mass is 17.2. The number of rotatable bonds is 0. The van der Waals surface area contributed by atoms with Crippen LogP contribution in [0.25, 0.3) is 43.1 Å². The Bertz CT molecular complexity index is 1490. The van der Waals surface area contributed by atoms with Crippen LogP contribution in [-0.2, 0) is 9.78 Å². The summed E-state index contributed by atoms with van der Waals surface area (Å²) in [5, 5.41) is 10.0. The fraction of sp³-hybridized carbons (Fsp3) is 0.0667. The first-order valence-corrected chi connectivity index (χ1v) is 11.1. The molecule has 0 radical (unpaired) electrons. The molecule has 0 spiro atoms. The summed E-state index contributed by atoms with van der Waals surface area (Å²) >= 11 is 0. The van der Waals surface area contributed by atoms with E-state index in [1.807, 2.05) is 0 Å². The maximum absolute atomic E-state index is 5.90. The molecule has 2 nitrogen and oxygen atoms in total. The standard InChI is InChI=1S/C30H18O2/c1-2-6-18-10-22-14-26-25(13-21(22)9-17(18)5-1)29-27-15-23-11-19-7-3-4-8-20(19)12-24(23)16-28(27)30(26)32-31-29/h1-16,29-30H. The lowest BCUT2D eigenvalue weighted by molar-refractivity contribution is -0.360. The van der Waals surface area contributed by atoms with Gasteiger partial charge in [0.2, 0.25) is 0 Å². The average Bonchev–Trinajstić information content (AvgIpc) is 2.84. The summed E-state index contributed by atoms with van der Waals surface area (Å²) in [6.45, 7) is 0. The van der Waals surface area contributed by atoms with Gasteiger partial charge in [-0.25, -0.2) is 9.78 Å². The van der Waals surface area contributed by atoms with Crippen molar-refractivity contribution >= 4 is 43.1 Å². The van der Waals surface area contributed by atoms with E-state index in [2.05, 4.69) is 97.1 Å². The van der Waals surface area contributed by atoms with Crippen molar-refractivity contribution in [2.45, 2.75) is 12.2 Å². The molecular weight excluding hydrogens is 392 g/mol. The summed E-state index contributed by atoms with van der Waals surface area (Å²) in [6, 6.07) is 35.4. The molecule has 0 atom stereocenters. The van der Waals surface area contributed by atoms with E-state index in [1.165, 1.54) is 65.3 Å². The molecule has 0 fully saturated rings. The van der Waals surface area contributed by atoms with Crippen molar-refractivity contribution in [3.05, 3.63) is 119 Å². The fourth-order valence-electron chi connectivity index (χ4n) is 5.62. The summed E-state index contributed by atoms with van der Waals surface area (Å²) in [6.07, 6.45) is -0.395. The summed E-state index contributed by atoms with van der Waals surface area (Å²) < 4.78 is 0. The van der Waals surface area contributed by atoms with Gasteiger partial charge in [-0.2, -0.15) is 0 Å². The number of fused-ring (bicyclic) bond motifs is 5. The zero-order valence-electron chi connectivity index (χ0n) is 17.2. The molecule has 2 heterocycles. The van der Waals surface area contributed by atoms with Gasteiger partial charge in [0.15, 0.2) is 0 Å². The Balaban J connectivity index is 1.38. The maximum Gasteiger partial charge on any atom is 0.144 e. The van der Waals surface area contributed by atoms with Crippen LogP contribution in [0.15, 0.2) is 97.1 Å². The molecule has 2 aliphatic heterocycles. The second kappa shape index (κ2) is 5.95. The zero-order chi connectivity index (χ0) is 20.8. The van der Waals surface area contributed by atoms with Crippen molar-refractivity contribution in [2.75, 3.05) is 0 Å². The van der Waals surface area contributed by atoms with Crippen LogP contribution in [-0.4, -0.2) is 0 Å². The second-order valence-corrected chi connectivity index (χ2v) is 9.01. The van der Waals surface area contributed by atoms with Crippen molar-refractivity contribution in [1.82, 2.24) is 0 Å². The predicted octanol–water partition coefficient (Wildman–Crippen LogP) is 7.75. The van der Waals surface area contributed by atoms with Crippen molar-refractivity contribution in [3.63, 3.8) is 0 Å². The molecule has 6 aromatic carbocycles. The summed E-state index contributed by atoms with van der Waals surface area (Å²) in [7, 11) is 0. The highest BCUT2D eigenvalue weighted by Crippen LogP contribution is 2.51. The largest absolute Gasteiger partial charge is 0.223 e. The maximum atomic E-state index is 5.90. The molecule has 2 bridgehead atoms. The molecule has 0 aromatic heterocycles. The monoisotopic (exact) mass is 410 g/mol. The smallest absolute Gasteiger partial charge is 0.144 e. The number of benzene rings is 6. The Morgan fingerprint density at radius 1 is 0.344 bits per heavy atom. The second-order valence-electron chi connectivity index (χ2n) is 9.01. The SMILES string of the molecule is c1ccc2cc3cc4c(cc3cc2c1)C1OOC4c2cc3cc4ccccc4cc3cc21. The van der Waals surface area contributed by atoms with Crippen LogP contribution in [0.5, 0.6) is 0 Å². The number of hydrogen-bond acceptors (Lipinski definition) is 2. The van der Waals surface area contributed by atoms with Crippen LogP contribution in [0.4, 0.5) is 0 Å². The van der Waals surface area contributed by atoms with Crippen LogP contribution in [0.1, 0.15) is 34.5 Å². The Hall–Kier alpha value is -3.72. The molecular formula is C30H18O2. The van der Waals surface area contributed by atoms with Crippen molar-refractivity contribution < 1.29 is 9.78 Å². The molecule has 0 saturated carbocycles. The first kappa shape index (κ1) is 16.9. The molecule has 3 aliphatic rings. The third kappa shape index (κ3) is 2.20. The average molecular weight is 410 g/mol. The van der Waals surface area contributed by atoms with Gasteiger partial charge in [0.1, 0.15) is 12.2 Å². The van der Waals surface area contributed by atoms with Gasteiger partial charge in [0.05, 0.1) is 0 Å². The van der Waals surface area contributed by atoms with Gasteiger partial charge in [-0.3, -0.25) is 0 Å². The lowest BCUT2D eigenvalue weighted by Crippen LogP contribution is -2.28. The Morgan fingerprint density at radius 3 is 0.906 bits per heavy atom. The van der Waals surface area contributed by atoms with Crippen LogP contribution in [0.3, 0.4) is 0 Å². The number of hydrogen-bond donors (Lipinski definition) is 0. The van der Waals surface area contributed by atoms with E-state index in [4.69, 9.17) is 9.78 Å². The molecule has 32 heavy (non-hydrogen) atoms. The Labute approximate surface area is 184 Å². The lowest BCUT2D eigenvalue weighted by atomic mass is 9.78. The first-order chi connectivity index (χ1) is 15.8. The highest BCUT2D eigenvalue weighted by molar-refractivity contribution is 6.00. The Morgan fingerprint density at radius 2 is 0.625 bits per heavy atom. The molecule has 0 amide bonds. The van der Waals surface area contributed by atoms with E-state index in [-0.39, 0.29) is 12.2 Å². The van der Waals surface area contributed by atoms with Crippen molar-refractivity contribution in [1.29, 1.82) is 0 Å². The van der Waals surface area contributed by atoms with Crippen LogP contribution in [0.2, 0.25) is 0 Å². The first-order valence-electron chi connectivity index (χ1n) is 11.1. The zero-order valence-corrected chi connectivity index (χ0v) is 17.2. The lowest BCUT2D eigenvalue weighted by Gasteiger charge is -2.39. The molecule has 0 saturated heterocycles. The van der Waals surface area contributed by atoms with E-state index in [0.717, 1.165) is 0 Å². The quantitative estimate of drug-likeness (QED) is 0.188. The Kier molecular flexibility index (Phi) is 3.14. The topological polar surface area (TPSA) is 18.5 Å². The molecule has 6 aromatic rings. The van der Waals surface area contributed by atoms with E-state index in [0.29, 0.717) is 0 Å². The molecule has 0 unspecified atom stereocenters. The molecule has 2 heteroatoms. The van der Waals surface area contributed by atoms with E-state index in [9.17, 15) is 0 Å². The van der Waals surface area contributed by atoms with Crippen molar-refractivity contribution in [2.24, 2.45) is 0 Å². The van der Waals surface area contributed by atoms with Gasteiger partial charge in [0, 0.05) is 0 Å². The molecule has 150 valence electrons. The predicted molar refractivity (Wildman–Crippen MR) is 129 cm³/mol.